The lowest BCUT2D eigenvalue weighted by atomic mass is 10.0. The first kappa shape index (κ1) is 17.5. The summed E-state index contributed by atoms with van der Waals surface area (Å²) in [5, 5.41) is 17.9. The van der Waals surface area contributed by atoms with Gasteiger partial charge in [0.05, 0.1) is 5.69 Å². The molecule has 0 aliphatic heterocycles. The van der Waals surface area contributed by atoms with Gasteiger partial charge in [-0.1, -0.05) is 19.8 Å². The Bertz CT molecular complexity index is 758. The number of nitrogens with one attached hydrogen (secondary N) is 1. The van der Waals surface area contributed by atoms with E-state index in [4.69, 9.17) is 5.10 Å². The van der Waals surface area contributed by atoms with Gasteiger partial charge in [-0.25, -0.2) is 0 Å². The van der Waals surface area contributed by atoms with Crippen molar-refractivity contribution in [1.82, 2.24) is 9.78 Å². The van der Waals surface area contributed by atoms with Gasteiger partial charge in [-0.3, -0.25) is 9.48 Å². The molecule has 1 aromatic carbocycles. The number of nitrogens with zero attached hydrogens (tertiary/aromatic N) is 2. The van der Waals surface area contributed by atoms with E-state index < -0.39 is 0 Å². The van der Waals surface area contributed by atoms with Gasteiger partial charge >= 0.3 is 0 Å². The number of phenols is 1. The second kappa shape index (κ2) is 7.30. The zero-order valence-electron chi connectivity index (χ0n) is 15.2. The van der Waals surface area contributed by atoms with E-state index in [1.807, 2.05) is 6.92 Å². The maximum Gasteiger partial charge on any atom is 0.224 e. The highest BCUT2D eigenvalue weighted by Crippen LogP contribution is 2.38. The summed E-state index contributed by atoms with van der Waals surface area (Å²) in [5.41, 5.74) is 3.36. The summed E-state index contributed by atoms with van der Waals surface area (Å²) in [4.78, 5) is 11.6. The Balaban J connectivity index is 1.99. The second-order valence-electron chi connectivity index (χ2n) is 7.11. The number of amides is 1. The molecule has 1 fully saturated rings. The Hall–Kier alpha value is -2.30. The van der Waals surface area contributed by atoms with Gasteiger partial charge in [0.15, 0.2) is 0 Å². The van der Waals surface area contributed by atoms with Crippen molar-refractivity contribution >= 4 is 11.6 Å². The van der Waals surface area contributed by atoms with Crippen molar-refractivity contribution in [3.63, 3.8) is 0 Å². The van der Waals surface area contributed by atoms with E-state index in [-0.39, 0.29) is 17.7 Å². The van der Waals surface area contributed by atoms with Gasteiger partial charge in [-0.2, -0.15) is 5.10 Å². The summed E-state index contributed by atoms with van der Waals surface area (Å²) in [7, 11) is 0. The van der Waals surface area contributed by atoms with Crippen LogP contribution in [0.3, 0.4) is 0 Å². The molecule has 2 aromatic rings. The third-order valence-corrected chi connectivity index (χ3v) is 4.90. The number of benzene rings is 1. The number of rotatable bonds is 5. The Morgan fingerprint density at radius 2 is 2.04 bits per heavy atom. The van der Waals surface area contributed by atoms with E-state index in [1.165, 1.54) is 31.4 Å². The van der Waals surface area contributed by atoms with E-state index in [0.29, 0.717) is 23.6 Å². The number of carbonyl (C=O) groups is 1. The van der Waals surface area contributed by atoms with Gasteiger partial charge in [0.1, 0.15) is 5.75 Å². The van der Waals surface area contributed by atoms with Crippen LogP contribution in [0.15, 0.2) is 24.3 Å². The van der Waals surface area contributed by atoms with Gasteiger partial charge in [0, 0.05) is 35.3 Å². The van der Waals surface area contributed by atoms with Crippen molar-refractivity contribution < 1.29 is 9.90 Å². The smallest absolute Gasteiger partial charge is 0.224 e. The lowest BCUT2D eigenvalue weighted by Gasteiger charge is -2.15. The van der Waals surface area contributed by atoms with Gasteiger partial charge in [0.25, 0.3) is 0 Å². The highest BCUT2D eigenvalue weighted by molar-refractivity contribution is 5.91. The van der Waals surface area contributed by atoms with E-state index in [2.05, 4.69) is 29.9 Å². The van der Waals surface area contributed by atoms with Crippen LogP contribution in [-0.2, 0) is 4.79 Å². The Morgan fingerprint density at radius 1 is 1.32 bits per heavy atom. The van der Waals surface area contributed by atoms with Crippen molar-refractivity contribution in [1.29, 1.82) is 0 Å². The topological polar surface area (TPSA) is 67.2 Å². The molecular weight excluding hydrogens is 314 g/mol. The van der Waals surface area contributed by atoms with E-state index in [1.54, 1.807) is 18.2 Å². The Labute approximate surface area is 149 Å². The molecule has 1 aliphatic carbocycles. The van der Waals surface area contributed by atoms with Crippen molar-refractivity contribution in [2.75, 3.05) is 5.32 Å². The standard InChI is InChI=1S/C20H27N3O2/c1-4-20(25)21-15-9-10-19(24)16(11-15)17-12-18(14-7-5-6-8-14)23(22-17)13(2)3/h9-14,24H,4-8H2,1-3H3,(H,21,25). The van der Waals surface area contributed by atoms with Crippen LogP contribution in [-0.4, -0.2) is 20.8 Å². The van der Waals surface area contributed by atoms with Crippen molar-refractivity contribution in [3.05, 3.63) is 30.0 Å². The van der Waals surface area contributed by atoms with Crippen LogP contribution in [0.25, 0.3) is 11.3 Å². The molecule has 5 nitrogen and oxygen atoms in total. The van der Waals surface area contributed by atoms with Gasteiger partial charge in [-0.15, -0.1) is 0 Å². The Morgan fingerprint density at radius 3 is 2.68 bits per heavy atom. The molecule has 3 rings (SSSR count). The maximum absolute atomic E-state index is 11.6. The molecule has 0 bridgehead atoms. The molecule has 134 valence electrons. The molecule has 25 heavy (non-hydrogen) atoms. The van der Waals surface area contributed by atoms with Crippen LogP contribution < -0.4 is 5.32 Å². The summed E-state index contributed by atoms with van der Waals surface area (Å²) in [6.45, 7) is 6.08. The van der Waals surface area contributed by atoms with Crippen LogP contribution in [0.2, 0.25) is 0 Å². The zero-order valence-corrected chi connectivity index (χ0v) is 15.2. The molecule has 1 aliphatic rings. The quantitative estimate of drug-likeness (QED) is 0.765. The normalized spacial score (nSPS) is 15.0. The van der Waals surface area contributed by atoms with Crippen LogP contribution >= 0.6 is 0 Å². The van der Waals surface area contributed by atoms with Crippen molar-refractivity contribution in [2.45, 2.75) is 64.8 Å². The molecule has 1 saturated carbocycles. The van der Waals surface area contributed by atoms with Crippen LogP contribution in [0.1, 0.15) is 70.5 Å². The van der Waals surface area contributed by atoms with Gasteiger partial charge in [-0.05, 0) is 51.0 Å². The number of hydrogen-bond acceptors (Lipinski definition) is 3. The largest absolute Gasteiger partial charge is 0.507 e. The average Bonchev–Trinajstić information content (AvgIpc) is 3.25. The molecule has 0 spiro atoms. The fourth-order valence-corrected chi connectivity index (χ4v) is 3.55. The average molecular weight is 341 g/mol. The van der Waals surface area contributed by atoms with Crippen molar-refractivity contribution in [3.8, 4) is 17.0 Å². The van der Waals surface area contributed by atoms with Crippen LogP contribution in [0.5, 0.6) is 5.75 Å². The van der Waals surface area contributed by atoms with Crippen molar-refractivity contribution in [2.24, 2.45) is 0 Å². The molecular formula is C20H27N3O2. The summed E-state index contributed by atoms with van der Waals surface area (Å²) in [6, 6.07) is 7.51. The number of aromatic nitrogens is 2. The minimum Gasteiger partial charge on any atom is -0.507 e. The predicted octanol–water partition coefficient (Wildman–Crippen LogP) is 4.84. The van der Waals surface area contributed by atoms with Crippen LogP contribution in [0, 0.1) is 0 Å². The number of carbonyl (C=O) groups excluding carboxylic acids is 1. The first-order chi connectivity index (χ1) is 12.0. The second-order valence-corrected chi connectivity index (χ2v) is 7.11. The summed E-state index contributed by atoms with van der Waals surface area (Å²) >= 11 is 0. The number of hydrogen-bond donors (Lipinski definition) is 2. The molecule has 0 atom stereocenters. The van der Waals surface area contributed by atoms with Gasteiger partial charge < -0.3 is 10.4 Å². The number of aromatic hydroxyl groups is 1. The first-order valence-electron chi connectivity index (χ1n) is 9.22. The molecule has 0 radical (unpaired) electrons. The lowest BCUT2D eigenvalue weighted by molar-refractivity contribution is -0.115. The summed E-state index contributed by atoms with van der Waals surface area (Å²) < 4.78 is 2.09. The lowest BCUT2D eigenvalue weighted by Crippen LogP contribution is -2.10. The molecule has 1 aromatic heterocycles. The maximum atomic E-state index is 11.6. The van der Waals surface area contributed by atoms with E-state index >= 15 is 0 Å². The number of anilines is 1. The molecule has 0 unspecified atom stereocenters. The molecule has 5 heteroatoms. The summed E-state index contributed by atoms with van der Waals surface area (Å²) in [5.74, 6) is 0.686. The fraction of sp³-hybridized carbons (Fsp3) is 0.500. The highest BCUT2D eigenvalue weighted by Gasteiger charge is 2.24. The molecule has 2 N–H and O–H groups in total. The van der Waals surface area contributed by atoms with E-state index in [9.17, 15) is 9.90 Å². The monoisotopic (exact) mass is 341 g/mol. The third-order valence-electron chi connectivity index (χ3n) is 4.90. The molecule has 1 heterocycles. The zero-order chi connectivity index (χ0) is 18.0. The molecule has 1 amide bonds. The fourth-order valence-electron chi connectivity index (χ4n) is 3.55. The third kappa shape index (κ3) is 3.70. The van der Waals surface area contributed by atoms with Crippen LogP contribution in [0.4, 0.5) is 5.69 Å². The first-order valence-corrected chi connectivity index (χ1v) is 9.22. The minimum atomic E-state index is -0.0454. The minimum absolute atomic E-state index is 0.0454. The van der Waals surface area contributed by atoms with E-state index in [0.717, 1.165) is 5.69 Å². The SMILES string of the molecule is CCC(=O)Nc1ccc(O)c(-c2cc(C3CCCC3)n(C(C)C)n2)c1. The summed E-state index contributed by atoms with van der Waals surface area (Å²) in [6.07, 6.45) is 5.37. The highest BCUT2D eigenvalue weighted by atomic mass is 16.3. The Kier molecular flexibility index (Phi) is 5.11. The molecule has 0 saturated heterocycles. The predicted molar refractivity (Wildman–Crippen MR) is 99.8 cm³/mol. The van der Waals surface area contributed by atoms with Gasteiger partial charge in [0.2, 0.25) is 5.91 Å². The number of phenolic OH excluding ortho intramolecular Hbond substituents is 1.